The van der Waals surface area contributed by atoms with Crippen molar-refractivity contribution in [1.29, 1.82) is 0 Å². The summed E-state index contributed by atoms with van der Waals surface area (Å²) in [6.45, 7) is 12.8. The number of hydrogen-bond donors (Lipinski definition) is 3. The summed E-state index contributed by atoms with van der Waals surface area (Å²) in [5, 5.41) is 8.87. The molecule has 3 fully saturated rings. The fourth-order valence-electron chi connectivity index (χ4n) is 4.39. The van der Waals surface area contributed by atoms with Gasteiger partial charge in [0.15, 0.2) is 5.13 Å². The largest absolute Gasteiger partial charge is 0.352 e. The number of thiazole rings is 1. The highest BCUT2D eigenvalue weighted by Crippen LogP contribution is 2.32. The van der Waals surface area contributed by atoms with E-state index in [1.54, 1.807) is 9.62 Å². The van der Waals surface area contributed by atoms with Gasteiger partial charge >= 0.3 is 0 Å². The normalized spacial score (nSPS) is 18.2. The topological polar surface area (TPSA) is 138 Å². The van der Waals surface area contributed by atoms with Crippen LogP contribution in [0.15, 0.2) is 48.9 Å². The number of carbonyl (C=O) groups excluding carboxylic acids is 3. The van der Waals surface area contributed by atoms with E-state index < -0.39 is 16.1 Å². The second-order valence-electron chi connectivity index (χ2n) is 11.3. The van der Waals surface area contributed by atoms with Gasteiger partial charge in [-0.25, -0.2) is 13.4 Å². The fraction of sp³-hybridized carbons (Fsp3) is 0.484. The van der Waals surface area contributed by atoms with Crippen molar-refractivity contribution in [3.8, 4) is 24.1 Å². The number of carbonyl (C=O) groups is 3. The predicted molar refractivity (Wildman–Crippen MR) is 173 cm³/mol. The number of anilines is 1. The maximum Gasteiger partial charge on any atom is 0.246 e. The van der Waals surface area contributed by atoms with E-state index in [0.29, 0.717) is 25.4 Å². The van der Waals surface area contributed by atoms with Gasteiger partial charge in [-0.05, 0) is 43.9 Å². The first kappa shape index (κ1) is 35.5. The van der Waals surface area contributed by atoms with Crippen LogP contribution in [0.3, 0.4) is 0 Å². The summed E-state index contributed by atoms with van der Waals surface area (Å²) in [5.41, 5.74) is 1.62. The summed E-state index contributed by atoms with van der Waals surface area (Å²) in [7, 11) is -3.26. The Morgan fingerprint density at radius 3 is 2.26 bits per heavy atom. The third kappa shape index (κ3) is 10.5. The number of sulfonamides is 1. The molecule has 43 heavy (non-hydrogen) atoms. The van der Waals surface area contributed by atoms with Gasteiger partial charge in [-0.2, -0.15) is 0 Å². The lowest BCUT2D eigenvalue weighted by Gasteiger charge is -2.35. The number of benzene rings is 1. The zero-order valence-corrected chi connectivity index (χ0v) is 26.8. The Labute approximate surface area is 259 Å². The quantitative estimate of drug-likeness (QED) is 0.215. The molecule has 0 bridgehead atoms. The average molecular weight is 630 g/mol. The van der Waals surface area contributed by atoms with E-state index in [-0.39, 0.29) is 34.9 Å². The number of terminal acetylenes is 1. The summed E-state index contributed by atoms with van der Waals surface area (Å²) in [6.07, 6.45) is 13.3. The number of nitrogens with zero attached hydrogens (tertiary/aromatic N) is 2. The SMILES string of the molecule is C#C.C=C.CC(C)(C)[C@H](Nc1nc(-c2ccccc2)cs1)C(=O)N1CCC[C@H]1C(=O)NC1CC1.O=CNS(=O)(=O)C1CC1. The van der Waals surface area contributed by atoms with Crippen LogP contribution in [-0.4, -0.2) is 66.4 Å². The fourth-order valence-corrected chi connectivity index (χ4v) is 6.22. The van der Waals surface area contributed by atoms with Crippen LogP contribution in [0.4, 0.5) is 5.13 Å². The van der Waals surface area contributed by atoms with E-state index in [0.717, 1.165) is 42.1 Å². The third-order valence-electron chi connectivity index (χ3n) is 6.89. The van der Waals surface area contributed by atoms with Crippen molar-refractivity contribution in [3.05, 3.63) is 48.9 Å². The van der Waals surface area contributed by atoms with Crippen LogP contribution in [-0.2, 0) is 24.4 Å². The molecule has 0 radical (unpaired) electrons. The third-order valence-corrected chi connectivity index (χ3v) is 9.44. The number of aromatic nitrogens is 1. The predicted octanol–water partition coefficient (Wildman–Crippen LogP) is 4.18. The molecule has 3 aliphatic rings. The van der Waals surface area contributed by atoms with Gasteiger partial charge in [0.05, 0.1) is 10.9 Å². The second-order valence-corrected chi connectivity index (χ2v) is 14.2. The molecule has 2 atom stereocenters. The smallest absolute Gasteiger partial charge is 0.246 e. The molecular weight excluding hydrogens is 587 g/mol. The Morgan fingerprint density at radius 2 is 1.72 bits per heavy atom. The molecule has 12 heteroatoms. The van der Waals surface area contributed by atoms with Crippen molar-refractivity contribution < 1.29 is 22.8 Å². The summed E-state index contributed by atoms with van der Waals surface area (Å²) in [5.74, 6) is -0.0240. The summed E-state index contributed by atoms with van der Waals surface area (Å²) in [4.78, 5) is 42.4. The monoisotopic (exact) mass is 629 g/mol. The molecule has 5 rings (SSSR count). The molecule has 1 aliphatic heterocycles. The van der Waals surface area contributed by atoms with Crippen LogP contribution in [0.25, 0.3) is 11.3 Å². The molecule has 2 heterocycles. The molecule has 234 valence electrons. The molecule has 10 nitrogen and oxygen atoms in total. The summed E-state index contributed by atoms with van der Waals surface area (Å²) in [6, 6.07) is 9.50. The molecule has 2 saturated carbocycles. The van der Waals surface area contributed by atoms with Crippen LogP contribution >= 0.6 is 11.3 Å². The lowest BCUT2D eigenvalue weighted by Crippen LogP contribution is -2.54. The molecule has 0 unspecified atom stereocenters. The van der Waals surface area contributed by atoms with Gasteiger partial charge < -0.3 is 15.5 Å². The van der Waals surface area contributed by atoms with Gasteiger partial charge in [0.25, 0.3) is 0 Å². The summed E-state index contributed by atoms with van der Waals surface area (Å²) < 4.78 is 23.1. The van der Waals surface area contributed by atoms with E-state index in [1.807, 2.05) is 56.5 Å². The number of rotatable bonds is 9. The van der Waals surface area contributed by atoms with Crippen molar-refractivity contribution in [1.82, 2.24) is 19.9 Å². The Morgan fingerprint density at radius 1 is 1.09 bits per heavy atom. The molecule has 2 aromatic rings. The molecule has 3 amide bonds. The maximum atomic E-state index is 13.5. The van der Waals surface area contributed by atoms with Crippen LogP contribution in [0, 0.1) is 18.3 Å². The van der Waals surface area contributed by atoms with Gasteiger partial charge in [0, 0.05) is 23.5 Å². The van der Waals surface area contributed by atoms with Gasteiger partial charge in [-0.15, -0.1) is 37.3 Å². The van der Waals surface area contributed by atoms with Crippen molar-refractivity contribution in [2.45, 2.75) is 82.7 Å². The number of amides is 3. The molecule has 2 aliphatic carbocycles. The van der Waals surface area contributed by atoms with Gasteiger partial charge in [-0.3, -0.25) is 19.1 Å². The molecule has 0 spiro atoms. The van der Waals surface area contributed by atoms with Gasteiger partial charge in [0.1, 0.15) is 12.1 Å². The zero-order valence-electron chi connectivity index (χ0n) is 25.1. The number of hydrogen-bond acceptors (Lipinski definition) is 8. The minimum atomic E-state index is -3.26. The van der Waals surface area contributed by atoms with Crippen LogP contribution in [0.1, 0.15) is 59.3 Å². The number of nitrogens with one attached hydrogen (secondary N) is 3. The van der Waals surface area contributed by atoms with E-state index in [9.17, 15) is 22.8 Å². The Kier molecular flexibility index (Phi) is 13.4. The first-order valence-electron chi connectivity index (χ1n) is 14.2. The minimum absolute atomic E-state index is 0.00313. The minimum Gasteiger partial charge on any atom is -0.352 e. The second kappa shape index (κ2) is 16.2. The lowest BCUT2D eigenvalue weighted by atomic mass is 9.85. The Bertz CT molecular complexity index is 1330. The van der Waals surface area contributed by atoms with Gasteiger partial charge in [0.2, 0.25) is 28.2 Å². The molecular formula is C31H43N5O5S2. The van der Waals surface area contributed by atoms with Crippen molar-refractivity contribution in [3.63, 3.8) is 0 Å². The molecule has 1 aromatic heterocycles. The van der Waals surface area contributed by atoms with Crippen LogP contribution < -0.4 is 15.4 Å². The first-order chi connectivity index (χ1) is 20.5. The highest BCUT2D eigenvalue weighted by molar-refractivity contribution is 7.90. The highest BCUT2D eigenvalue weighted by atomic mass is 32.2. The number of likely N-dealkylation sites (tertiary alicyclic amines) is 1. The maximum absolute atomic E-state index is 13.5. The van der Waals surface area contributed by atoms with Crippen LogP contribution in [0.5, 0.6) is 0 Å². The lowest BCUT2D eigenvalue weighted by molar-refractivity contribution is -0.140. The van der Waals surface area contributed by atoms with E-state index in [4.69, 9.17) is 4.98 Å². The molecule has 1 saturated heterocycles. The average Bonchev–Trinajstić information content (AvgIpc) is 3.92. The Hall–Kier alpha value is -3.69. The van der Waals surface area contributed by atoms with Crippen LogP contribution in [0.2, 0.25) is 0 Å². The van der Waals surface area contributed by atoms with Gasteiger partial charge in [-0.1, -0.05) is 51.1 Å². The zero-order chi connectivity index (χ0) is 32.2. The van der Waals surface area contributed by atoms with Crippen molar-refractivity contribution in [2.24, 2.45) is 5.41 Å². The summed E-state index contributed by atoms with van der Waals surface area (Å²) >= 11 is 1.50. The van der Waals surface area contributed by atoms with E-state index >= 15 is 0 Å². The van der Waals surface area contributed by atoms with E-state index in [1.165, 1.54) is 11.3 Å². The van der Waals surface area contributed by atoms with Crippen molar-refractivity contribution >= 4 is 44.7 Å². The van der Waals surface area contributed by atoms with E-state index in [2.05, 4.69) is 36.6 Å². The highest BCUT2D eigenvalue weighted by Gasteiger charge is 2.42. The standard InChI is InChI=1S/C23H30N4O2S.C4H7NO3S.C2H4.C2H2/c1-23(2,3)19(26-22-25-17(14-30-22)15-8-5-4-6-9-15)21(29)27-13-7-10-18(27)20(28)24-16-11-12-16;6-3-5-9(7,8)4-1-2-4;2*1-2/h4-6,8-9,14,16,18-19H,7,10-13H2,1-3H3,(H,24,28)(H,25,26);3-4H,1-2H2,(H,5,6);1-2H2;1-2H/t18-,19+;;;/m0.../s1. The molecule has 3 N–H and O–H groups in total. The first-order valence-corrected chi connectivity index (χ1v) is 16.6. The molecule has 1 aromatic carbocycles. The Balaban J connectivity index is 0.000000418. The van der Waals surface area contributed by atoms with Crippen molar-refractivity contribution in [2.75, 3.05) is 11.9 Å².